The summed E-state index contributed by atoms with van der Waals surface area (Å²) in [6.45, 7) is 1.13. The number of nitrogens with zero attached hydrogens (tertiary/aromatic N) is 4. The number of amides is 1. The molecule has 0 spiro atoms. The van der Waals surface area contributed by atoms with Gasteiger partial charge in [-0.1, -0.05) is 12.1 Å². The molecule has 1 amide bonds. The van der Waals surface area contributed by atoms with Gasteiger partial charge in [0.15, 0.2) is 27.3 Å². The van der Waals surface area contributed by atoms with Crippen LogP contribution in [0.4, 0.5) is 23.7 Å². The van der Waals surface area contributed by atoms with Crippen molar-refractivity contribution in [2.45, 2.75) is 6.42 Å². The van der Waals surface area contributed by atoms with Crippen LogP contribution in [0.25, 0.3) is 5.69 Å². The smallest absolute Gasteiger partial charge is 0.411 e. The summed E-state index contributed by atoms with van der Waals surface area (Å²) in [5, 5.41) is 13.9. The molecule has 0 atom stereocenters. The quantitative estimate of drug-likeness (QED) is 0.462. The number of hydrogen-bond acceptors (Lipinski definition) is 6. The zero-order valence-corrected chi connectivity index (χ0v) is 20.3. The van der Waals surface area contributed by atoms with E-state index in [0.717, 1.165) is 27.8 Å². The van der Waals surface area contributed by atoms with Crippen LogP contribution in [-0.4, -0.2) is 72.0 Å². The number of carboxylic acid groups (broad SMARTS) is 1. The molecule has 0 saturated carbocycles. The molecule has 1 N–H and O–H groups in total. The summed E-state index contributed by atoms with van der Waals surface area (Å²) in [4.78, 5) is 27.4. The van der Waals surface area contributed by atoms with E-state index in [0.29, 0.717) is 30.9 Å². The molecule has 1 aliphatic rings. The number of halogens is 3. The highest BCUT2D eigenvalue weighted by Crippen LogP contribution is 2.19. The average Bonchev–Trinajstić information content (AvgIpc) is 2.85. The van der Waals surface area contributed by atoms with Gasteiger partial charge in [0.25, 0.3) is 0 Å². The number of carbonyl (C=O) groups is 1. The maximum absolute atomic E-state index is 13.7. The Morgan fingerprint density at radius 1 is 1.05 bits per heavy atom. The van der Waals surface area contributed by atoms with Crippen LogP contribution in [0.3, 0.4) is 0 Å². The standard InChI is InChI=1S/C24H23F3N4O5S/c25-19-14-18(15-20(26)23(19)27)31-5-4-22(32)21(28-31)13-16-2-1-3-17(12-16)30(24(33)34)7-6-29-8-10-37(35,36)11-9-29/h1-5,12,14-15H,6-11,13H2,(H,33,34). The summed E-state index contributed by atoms with van der Waals surface area (Å²) in [5.74, 6) is -4.34. The minimum Gasteiger partial charge on any atom is -0.465 e. The van der Waals surface area contributed by atoms with Crippen molar-refractivity contribution in [3.63, 3.8) is 0 Å². The fourth-order valence-corrected chi connectivity index (χ4v) is 5.24. The third-order valence-electron chi connectivity index (χ3n) is 6.01. The highest BCUT2D eigenvalue weighted by atomic mass is 32.2. The molecule has 37 heavy (non-hydrogen) atoms. The second kappa shape index (κ2) is 10.7. The van der Waals surface area contributed by atoms with Crippen molar-refractivity contribution < 1.29 is 31.5 Å². The fourth-order valence-electron chi connectivity index (χ4n) is 3.97. The van der Waals surface area contributed by atoms with E-state index in [1.165, 1.54) is 6.20 Å². The SMILES string of the molecule is O=C(O)N(CCN1CCS(=O)(=O)CC1)c1cccc(Cc2nn(-c3cc(F)c(F)c(F)c3)ccc2=O)c1. The molecule has 3 aromatic rings. The minimum atomic E-state index is -3.05. The van der Waals surface area contributed by atoms with Gasteiger partial charge >= 0.3 is 6.09 Å². The molecule has 196 valence electrons. The van der Waals surface area contributed by atoms with Crippen molar-refractivity contribution in [3.8, 4) is 5.69 Å². The van der Waals surface area contributed by atoms with Crippen molar-refractivity contribution >= 4 is 21.6 Å². The van der Waals surface area contributed by atoms with Crippen LogP contribution in [0.1, 0.15) is 11.3 Å². The zero-order valence-electron chi connectivity index (χ0n) is 19.5. The molecule has 1 aliphatic heterocycles. The summed E-state index contributed by atoms with van der Waals surface area (Å²) >= 11 is 0. The monoisotopic (exact) mass is 536 g/mol. The van der Waals surface area contributed by atoms with E-state index in [1.54, 1.807) is 24.3 Å². The van der Waals surface area contributed by atoms with E-state index in [-0.39, 0.29) is 35.9 Å². The Hall–Kier alpha value is -3.71. The normalized spacial score (nSPS) is 15.4. The molecule has 4 rings (SSSR count). The van der Waals surface area contributed by atoms with E-state index in [1.807, 2.05) is 4.90 Å². The van der Waals surface area contributed by atoms with E-state index in [4.69, 9.17) is 0 Å². The summed E-state index contributed by atoms with van der Waals surface area (Å²) in [6, 6.07) is 9.15. The molecule has 0 unspecified atom stereocenters. The number of hydrogen-bond donors (Lipinski definition) is 1. The second-order valence-corrected chi connectivity index (χ2v) is 10.9. The van der Waals surface area contributed by atoms with Gasteiger partial charge in [-0.25, -0.2) is 31.1 Å². The third-order valence-corrected chi connectivity index (χ3v) is 7.62. The van der Waals surface area contributed by atoms with Crippen molar-refractivity contribution in [3.05, 3.63) is 87.6 Å². The van der Waals surface area contributed by atoms with Crippen molar-refractivity contribution in [2.24, 2.45) is 0 Å². The molecular weight excluding hydrogens is 513 g/mol. The van der Waals surface area contributed by atoms with Gasteiger partial charge in [-0.3, -0.25) is 14.6 Å². The summed E-state index contributed by atoms with van der Waals surface area (Å²) < 4.78 is 64.9. The Balaban J connectivity index is 1.52. The number of benzene rings is 2. The first kappa shape index (κ1) is 26.4. The first-order chi connectivity index (χ1) is 17.5. The molecule has 0 bridgehead atoms. The minimum absolute atomic E-state index is 0.00286. The predicted molar refractivity (Wildman–Crippen MR) is 129 cm³/mol. The predicted octanol–water partition coefficient (Wildman–Crippen LogP) is 2.46. The second-order valence-electron chi connectivity index (χ2n) is 8.57. The van der Waals surface area contributed by atoms with Crippen LogP contribution in [0.15, 0.2) is 53.5 Å². The van der Waals surface area contributed by atoms with Gasteiger partial charge in [0.05, 0.1) is 17.2 Å². The van der Waals surface area contributed by atoms with Gasteiger partial charge in [-0.2, -0.15) is 5.10 Å². The zero-order chi connectivity index (χ0) is 26.7. The van der Waals surface area contributed by atoms with Gasteiger partial charge < -0.3 is 5.11 Å². The van der Waals surface area contributed by atoms with Gasteiger partial charge in [0.2, 0.25) is 5.43 Å². The van der Waals surface area contributed by atoms with E-state index in [2.05, 4.69) is 5.10 Å². The Morgan fingerprint density at radius 3 is 2.38 bits per heavy atom. The molecule has 1 saturated heterocycles. The molecule has 1 fully saturated rings. The first-order valence-corrected chi connectivity index (χ1v) is 13.1. The van der Waals surface area contributed by atoms with E-state index >= 15 is 0 Å². The molecular formula is C24H23F3N4O5S. The van der Waals surface area contributed by atoms with Crippen LogP contribution >= 0.6 is 0 Å². The Kier molecular flexibility index (Phi) is 7.64. The summed E-state index contributed by atoms with van der Waals surface area (Å²) in [6.07, 6.45) is 0.00562. The number of anilines is 1. The van der Waals surface area contributed by atoms with Crippen LogP contribution in [0, 0.1) is 17.5 Å². The molecule has 2 aromatic carbocycles. The van der Waals surface area contributed by atoms with Crippen molar-refractivity contribution in [1.82, 2.24) is 14.7 Å². The van der Waals surface area contributed by atoms with Gasteiger partial charge in [-0.15, -0.1) is 0 Å². The van der Waals surface area contributed by atoms with Gasteiger partial charge in [-0.05, 0) is 17.7 Å². The highest BCUT2D eigenvalue weighted by Gasteiger charge is 2.23. The summed E-state index contributed by atoms with van der Waals surface area (Å²) in [5.41, 5.74) is 0.384. The summed E-state index contributed by atoms with van der Waals surface area (Å²) in [7, 11) is -3.05. The third kappa shape index (κ3) is 6.35. The highest BCUT2D eigenvalue weighted by molar-refractivity contribution is 7.91. The molecule has 0 radical (unpaired) electrons. The lowest BCUT2D eigenvalue weighted by Gasteiger charge is -2.29. The Labute approximate surface area is 210 Å². The molecule has 13 heteroatoms. The molecule has 9 nitrogen and oxygen atoms in total. The van der Waals surface area contributed by atoms with Crippen LogP contribution in [-0.2, 0) is 16.3 Å². The topological polar surface area (TPSA) is 113 Å². The number of aromatic nitrogens is 2. The Bertz CT molecular complexity index is 1460. The van der Waals surface area contributed by atoms with Gasteiger partial charge in [0.1, 0.15) is 5.69 Å². The Morgan fingerprint density at radius 2 is 1.73 bits per heavy atom. The van der Waals surface area contributed by atoms with Crippen LogP contribution < -0.4 is 10.3 Å². The first-order valence-electron chi connectivity index (χ1n) is 11.3. The molecule has 2 heterocycles. The lowest BCUT2D eigenvalue weighted by atomic mass is 10.1. The molecule has 0 aliphatic carbocycles. The number of rotatable bonds is 7. The maximum atomic E-state index is 13.7. The lowest BCUT2D eigenvalue weighted by molar-refractivity contribution is 0.199. The average molecular weight is 537 g/mol. The molecule has 1 aromatic heterocycles. The van der Waals surface area contributed by atoms with E-state index < -0.39 is 38.8 Å². The number of sulfone groups is 1. The van der Waals surface area contributed by atoms with Crippen LogP contribution in [0.5, 0.6) is 0 Å². The van der Waals surface area contributed by atoms with Crippen molar-refractivity contribution in [1.29, 1.82) is 0 Å². The van der Waals surface area contributed by atoms with Crippen molar-refractivity contribution in [2.75, 3.05) is 42.6 Å². The maximum Gasteiger partial charge on any atom is 0.411 e. The van der Waals surface area contributed by atoms with E-state index in [9.17, 15) is 36.3 Å². The van der Waals surface area contributed by atoms with Crippen LogP contribution in [0.2, 0.25) is 0 Å². The fraction of sp³-hybridized carbons (Fsp3) is 0.292. The lowest BCUT2D eigenvalue weighted by Crippen LogP contribution is -2.45. The van der Waals surface area contributed by atoms with Gasteiger partial charge in [0, 0.05) is 62.7 Å². The largest absolute Gasteiger partial charge is 0.465 e.